The van der Waals surface area contributed by atoms with E-state index in [4.69, 9.17) is 0 Å². The molecule has 0 bridgehead atoms. The summed E-state index contributed by atoms with van der Waals surface area (Å²) in [5.41, 5.74) is 4.86. The molecule has 2 aliphatic heterocycles. The molecule has 2 rings (SSSR count). The van der Waals surface area contributed by atoms with E-state index in [2.05, 4.69) is 56.3 Å². The molecule has 2 saturated heterocycles. The number of rotatable bonds is 6. The summed E-state index contributed by atoms with van der Waals surface area (Å²) in [5.74, 6) is 1.98. The molecule has 0 aromatic carbocycles. The van der Waals surface area contributed by atoms with Crippen molar-refractivity contribution in [1.29, 1.82) is 0 Å². The summed E-state index contributed by atoms with van der Waals surface area (Å²) in [5, 5.41) is 0. The lowest BCUT2D eigenvalue weighted by Crippen LogP contribution is -2.43. The van der Waals surface area contributed by atoms with Crippen molar-refractivity contribution in [2.24, 2.45) is 0 Å². The molecule has 3 nitrogen and oxygen atoms in total. The molecule has 2 unspecified atom stereocenters. The van der Waals surface area contributed by atoms with Crippen LogP contribution in [0.1, 0.15) is 59.8 Å². The first kappa shape index (κ1) is 19.3. The Balaban J connectivity index is 2.49. The monoisotopic (exact) mass is 340 g/mol. The molecule has 2 atom stereocenters. The zero-order chi connectivity index (χ0) is 18.4. The van der Waals surface area contributed by atoms with Crippen LogP contribution in [-0.4, -0.2) is 34.4 Å². The Bertz CT molecular complexity index is 634. The second-order valence-electron chi connectivity index (χ2n) is 6.97. The zero-order valence-electron chi connectivity index (χ0n) is 16.2. The van der Waals surface area contributed by atoms with Gasteiger partial charge in [-0.1, -0.05) is 25.7 Å². The Morgan fingerprint density at radius 3 is 2.68 bits per heavy atom. The first-order valence-corrected chi connectivity index (χ1v) is 9.49. The van der Waals surface area contributed by atoms with E-state index in [-0.39, 0.29) is 0 Å². The van der Waals surface area contributed by atoms with Gasteiger partial charge in [-0.05, 0) is 70.2 Å². The van der Waals surface area contributed by atoms with Crippen molar-refractivity contribution >= 4 is 5.94 Å². The third-order valence-corrected chi connectivity index (χ3v) is 5.63. The minimum Gasteiger partial charge on any atom is -0.373 e. The molecule has 0 aliphatic carbocycles. The first-order chi connectivity index (χ1) is 12.1. The Labute approximate surface area is 153 Å². The van der Waals surface area contributed by atoms with E-state index in [0.717, 1.165) is 31.4 Å². The van der Waals surface area contributed by atoms with Gasteiger partial charge in [0.25, 0.3) is 0 Å². The van der Waals surface area contributed by atoms with Crippen LogP contribution in [0.3, 0.4) is 0 Å². The topological polar surface area (TPSA) is 23.6 Å². The van der Waals surface area contributed by atoms with Crippen LogP contribution in [0, 0.1) is 0 Å². The lowest BCUT2D eigenvalue weighted by molar-refractivity contribution is 0.211. The fraction of sp³-hybridized carbons (Fsp3) is 0.545. The quantitative estimate of drug-likeness (QED) is 0.503. The van der Waals surface area contributed by atoms with Crippen LogP contribution in [0.4, 0.5) is 0 Å². The second kappa shape index (κ2) is 8.92. The molecule has 0 radical (unpaired) electrons. The standard InChI is InChI=1S/C22H32N2O/c1-6-14-23-15-9-10-21(23)22-12-11-20(17(4)7-2)24(22)18(5)19(8-3)13-16-25/h6-7,13-14,21-22H,2,8-12,15H2,1,3-5H3/b14-6-,19-18-,20-17+. The summed E-state index contributed by atoms with van der Waals surface area (Å²) in [6.45, 7) is 13.6. The van der Waals surface area contributed by atoms with Gasteiger partial charge in [0.1, 0.15) is 5.94 Å². The molecule has 136 valence electrons. The number of allylic oxidation sites excluding steroid dienone is 7. The molecule has 0 saturated carbocycles. The highest BCUT2D eigenvalue weighted by atomic mass is 16.1. The van der Waals surface area contributed by atoms with Gasteiger partial charge in [0.2, 0.25) is 0 Å². The average Bonchev–Trinajstić information content (AvgIpc) is 3.25. The van der Waals surface area contributed by atoms with E-state index >= 15 is 0 Å². The number of hydrogen-bond donors (Lipinski definition) is 0. The number of hydrogen-bond acceptors (Lipinski definition) is 3. The molecule has 3 heteroatoms. The minimum atomic E-state index is 0.449. The molecule has 25 heavy (non-hydrogen) atoms. The fourth-order valence-corrected chi connectivity index (χ4v) is 4.35. The summed E-state index contributed by atoms with van der Waals surface area (Å²) in [6.07, 6.45) is 13.5. The number of carbonyl (C=O) groups excluding carboxylic acids is 1. The average molecular weight is 341 g/mol. The fourth-order valence-electron chi connectivity index (χ4n) is 4.35. The van der Waals surface area contributed by atoms with Gasteiger partial charge in [-0.25, -0.2) is 4.79 Å². The van der Waals surface area contributed by atoms with Gasteiger partial charge in [0.15, 0.2) is 0 Å². The SMILES string of the molecule is C=C/C(C)=C1\CCC(C2CCCN2/C=C\C)N1/C(C)=C(\C=C=O)CC. The van der Waals surface area contributed by atoms with Crippen molar-refractivity contribution in [2.45, 2.75) is 71.9 Å². The van der Waals surface area contributed by atoms with Crippen molar-refractivity contribution in [3.63, 3.8) is 0 Å². The van der Waals surface area contributed by atoms with Crippen molar-refractivity contribution < 1.29 is 4.79 Å². The third-order valence-electron chi connectivity index (χ3n) is 5.63. The summed E-state index contributed by atoms with van der Waals surface area (Å²) in [4.78, 5) is 16.0. The van der Waals surface area contributed by atoms with E-state index in [1.807, 2.05) is 12.0 Å². The molecule has 2 aliphatic rings. The van der Waals surface area contributed by atoms with E-state index in [1.165, 1.54) is 29.8 Å². The Morgan fingerprint density at radius 2 is 2.08 bits per heavy atom. The van der Waals surface area contributed by atoms with Crippen LogP contribution >= 0.6 is 0 Å². The highest BCUT2D eigenvalue weighted by Gasteiger charge is 2.39. The van der Waals surface area contributed by atoms with Gasteiger partial charge in [0.05, 0.1) is 6.04 Å². The summed E-state index contributed by atoms with van der Waals surface area (Å²) >= 11 is 0. The van der Waals surface area contributed by atoms with E-state index < -0.39 is 0 Å². The van der Waals surface area contributed by atoms with Gasteiger partial charge < -0.3 is 9.80 Å². The second-order valence-corrected chi connectivity index (χ2v) is 6.97. The van der Waals surface area contributed by atoms with Crippen molar-refractivity contribution in [3.8, 4) is 0 Å². The van der Waals surface area contributed by atoms with Gasteiger partial charge >= 0.3 is 0 Å². The minimum absolute atomic E-state index is 0.449. The van der Waals surface area contributed by atoms with Gasteiger partial charge in [0, 0.05) is 30.1 Å². The van der Waals surface area contributed by atoms with E-state index in [1.54, 1.807) is 6.08 Å². The summed E-state index contributed by atoms with van der Waals surface area (Å²) in [6, 6.07) is 0.977. The Hall–Kier alpha value is -1.99. The van der Waals surface area contributed by atoms with Crippen molar-refractivity contribution in [3.05, 3.63) is 53.5 Å². The first-order valence-electron chi connectivity index (χ1n) is 9.49. The maximum Gasteiger partial charge on any atom is 0.124 e. The molecular weight excluding hydrogens is 308 g/mol. The molecule has 0 aromatic rings. The Morgan fingerprint density at radius 1 is 1.32 bits per heavy atom. The van der Waals surface area contributed by atoms with Crippen LogP contribution in [0.5, 0.6) is 0 Å². The van der Waals surface area contributed by atoms with Crippen LogP contribution in [-0.2, 0) is 4.79 Å². The van der Waals surface area contributed by atoms with Crippen LogP contribution < -0.4 is 0 Å². The lowest BCUT2D eigenvalue weighted by Gasteiger charge is -2.37. The molecule has 2 fully saturated rings. The maximum absolute atomic E-state index is 11.0. The normalized spacial score (nSPS) is 26.7. The van der Waals surface area contributed by atoms with Crippen LogP contribution in [0.25, 0.3) is 0 Å². The number of nitrogens with zero attached hydrogens (tertiary/aromatic N) is 2. The summed E-state index contributed by atoms with van der Waals surface area (Å²) in [7, 11) is 0. The van der Waals surface area contributed by atoms with Crippen molar-refractivity contribution in [2.75, 3.05) is 6.54 Å². The largest absolute Gasteiger partial charge is 0.373 e. The highest BCUT2D eigenvalue weighted by molar-refractivity contribution is 5.53. The summed E-state index contributed by atoms with van der Waals surface area (Å²) < 4.78 is 0. The van der Waals surface area contributed by atoms with Gasteiger partial charge in [-0.15, -0.1) is 0 Å². The third kappa shape index (κ3) is 3.99. The predicted octanol–water partition coefficient (Wildman–Crippen LogP) is 4.98. The molecule has 0 spiro atoms. The predicted molar refractivity (Wildman–Crippen MR) is 106 cm³/mol. The molecular formula is C22H32N2O. The molecule has 0 N–H and O–H groups in total. The zero-order valence-corrected chi connectivity index (χ0v) is 16.2. The smallest absolute Gasteiger partial charge is 0.124 e. The van der Waals surface area contributed by atoms with Gasteiger partial charge in [-0.3, -0.25) is 0 Å². The van der Waals surface area contributed by atoms with Gasteiger partial charge in [-0.2, -0.15) is 0 Å². The maximum atomic E-state index is 11.0. The van der Waals surface area contributed by atoms with E-state index in [9.17, 15) is 4.79 Å². The van der Waals surface area contributed by atoms with Crippen LogP contribution in [0.15, 0.2) is 53.5 Å². The lowest BCUT2D eigenvalue weighted by atomic mass is 10.0. The molecule has 0 aromatic heterocycles. The molecule has 0 amide bonds. The highest BCUT2D eigenvalue weighted by Crippen LogP contribution is 2.40. The van der Waals surface area contributed by atoms with Crippen molar-refractivity contribution in [1.82, 2.24) is 9.80 Å². The van der Waals surface area contributed by atoms with Crippen LogP contribution in [0.2, 0.25) is 0 Å². The van der Waals surface area contributed by atoms with E-state index in [0.29, 0.717) is 12.1 Å². The number of likely N-dealkylation sites (tertiary alicyclic amines) is 2. The Kier molecular flexibility index (Phi) is 6.90. The molecule has 2 heterocycles.